The van der Waals surface area contributed by atoms with Gasteiger partial charge in [0.2, 0.25) is 11.8 Å². The van der Waals surface area contributed by atoms with Gasteiger partial charge < -0.3 is 10.2 Å². The lowest BCUT2D eigenvalue weighted by atomic mass is 9.81. The van der Waals surface area contributed by atoms with Crippen LogP contribution in [-0.2, 0) is 16.1 Å². The monoisotopic (exact) mass is 314 g/mol. The Morgan fingerprint density at radius 3 is 2.22 bits per heavy atom. The standard InChI is InChI=1S/C19H26N2O2/c22-18(20-14-15-6-2-1-3-7-15)16-8-10-17(11-9-16)19(23)21-12-4-5-13-21/h1-3,6-7,16-17H,4-5,8-14H2,(H,20,22). The van der Waals surface area contributed by atoms with Crippen LogP contribution < -0.4 is 5.32 Å². The molecule has 1 aliphatic carbocycles. The number of hydrogen-bond donors (Lipinski definition) is 1. The van der Waals surface area contributed by atoms with Crippen LogP contribution in [0.5, 0.6) is 0 Å². The summed E-state index contributed by atoms with van der Waals surface area (Å²) in [6.07, 6.45) is 5.68. The first-order chi connectivity index (χ1) is 11.2. The summed E-state index contributed by atoms with van der Waals surface area (Å²) >= 11 is 0. The zero-order valence-electron chi connectivity index (χ0n) is 13.7. The van der Waals surface area contributed by atoms with Crippen molar-refractivity contribution in [1.29, 1.82) is 0 Å². The zero-order valence-corrected chi connectivity index (χ0v) is 13.7. The minimum atomic E-state index is 0.0707. The van der Waals surface area contributed by atoms with Crippen molar-refractivity contribution in [2.24, 2.45) is 11.8 Å². The molecule has 4 heteroatoms. The lowest BCUT2D eigenvalue weighted by molar-refractivity contribution is -0.137. The fraction of sp³-hybridized carbons (Fsp3) is 0.579. The summed E-state index contributed by atoms with van der Waals surface area (Å²) < 4.78 is 0. The Balaban J connectivity index is 1.43. The van der Waals surface area contributed by atoms with E-state index in [2.05, 4.69) is 5.32 Å². The van der Waals surface area contributed by atoms with Gasteiger partial charge in [0.1, 0.15) is 0 Å². The van der Waals surface area contributed by atoms with Crippen molar-refractivity contribution in [3.05, 3.63) is 35.9 Å². The molecule has 1 saturated carbocycles. The van der Waals surface area contributed by atoms with Gasteiger partial charge in [0, 0.05) is 31.5 Å². The molecule has 4 nitrogen and oxygen atoms in total. The van der Waals surface area contributed by atoms with E-state index in [0.29, 0.717) is 12.5 Å². The predicted octanol–water partition coefficient (Wildman–Crippen LogP) is 2.73. The Bertz CT molecular complexity index is 530. The second-order valence-corrected chi connectivity index (χ2v) is 6.78. The third kappa shape index (κ3) is 4.12. The number of carbonyl (C=O) groups excluding carboxylic acids is 2. The summed E-state index contributed by atoms with van der Waals surface area (Å²) in [5.74, 6) is 0.680. The maximum atomic E-state index is 12.4. The van der Waals surface area contributed by atoms with Crippen LogP contribution in [0.1, 0.15) is 44.1 Å². The molecule has 0 aromatic heterocycles. The van der Waals surface area contributed by atoms with Crippen LogP contribution in [-0.4, -0.2) is 29.8 Å². The average Bonchev–Trinajstić information content (AvgIpc) is 3.15. The first-order valence-electron chi connectivity index (χ1n) is 8.84. The molecule has 2 fully saturated rings. The van der Waals surface area contributed by atoms with Crippen molar-refractivity contribution in [2.45, 2.75) is 45.1 Å². The van der Waals surface area contributed by atoms with Gasteiger partial charge in [0.05, 0.1) is 0 Å². The van der Waals surface area contributed by atoms with Crippen LogP contribution in [0, 0.1) is 11.8 Å². The Labute approximate surface area is 138 Å². The van der Waals surface area contributed by atoms with Gasteiger partial charge in [-0.15, -0.1) is 0 Å². The highest BCUT2D eigenvalue weighted by molar-refractivity contribution is 5.81. The summed E-state index contributed by atoms with van der Waals surface area (Å²) in [7, 11) is 0. The molecular formula is C19H26N2O2. The van der Waals surface area contributed by atoms with E-state index < -0.39 is 0 Å². The van der Waals surface area contributed by atoms with Gasteiger partial charge in [0.25, 0.3) is 0 Å². The first kappa shape index (κ1) is 16.0. The van der Waals surface area contributed by atoms with Crippen LogP contribution >= 0.6 is 0 Å². The maximum absolute atomic E-state index is 12.4. The highest BCUT2D eigenvalue weighted by Crippen LogP contribution is 2.31. The lowest BCUT2D eigenvalue weighted by Crippen LogP contribution is -2.38. The molecule has 1 aromatic carbocycles. The molecule has 0 spiro atoms. The van der Waals surface area contributed by atoms with Gasteiger partial charge >= 0.3 is 0 Å². The molecule has 0 unspecified atom stereocenters. The van der Waals surface area contributed by atoms with E-state index in [9.17, 15) is 9.59 Å². The molecule has 3 rings (SSSR count). The molecule has 0 bridgehead atoms. The molecule has 23 heavy (non-hydrogen) atoms. The second kappa shape index (κ2) is 7.62. The van der Waals surface area contributed by atoms with Crippen LogP contribution in [0.2, 0.25) is 0 Å². The zero-order chi connectivity index (χ0) is 16.1. The number of carbonyl (C=O) groups is 2. The quantitative estimate of drug-likeness (QED) is 0.929. The number of rotatable bonds is 4. The summed E-state index contributed by atoms with van der Waals surface area (Å²) in [4.78, 5) is 26.7. The van der Waals surface area contributed by atoms with Crippen LogP contribution in [0.4, 0.5) is 0 Å². The van der Waals surface area contributed by atoms with Gasteiger partial charge in [-0.2, -0.15) is 0 Å². The molecule has 2 amide bonds. The van der Waals surface area contributed by atoms with Crippen LogP contribution in [0.15, 0.2) is 30.3 Å². The van der Waals surface area contributed by atoms with E-state index in [1.54, 1.807) is 0 Å². The second-order valence-electron chi connectivity index (χ2n) is 6.78. The van der Waals surface area contributed by atoms with E-state index in [1.165, 1.54) is 0 Å². The van der Waals surface area contributed by atoms with E-state index >= 15 is 0 Å². The Morgan fingerprint density at radius 1 is 0.957 bits per heavy atom. The largest absolute Gasteiger partial charge is 0.352 e. The lowest BCUT2D eigenvalue weighted by Gasteiger charge is -2.29. The summed E-state index contributed by atoms with van der Waals surface area (Å²) in [5, 5.41) is 3.03. The Hall–Kier alpha value is -1.84. The molecule has 0 atom stereocenters. The highest BCUT2D eigenvalue weighted by Gasteiger charge is 2.32. The normalized spacial score (nSPS) is 24.4. The SMILES string of the molecule is O=C(NCc1ccccc1)C1CCC(C(=O)N2CCCC2)CC1. The fourth-order valence-electron chi connectivity index (χ4n) is 3.73. The maximum Gasteiger partial charge on any atom is 0.225 e. The van der Waals surface area contributed by atoms with E-state index in [1.807, 2.05) is 35.2 Å². The minimum Gasteiger partial charge on any atom is -0.352 e. The van der Waals surface area contributed by atoms with Gasteiger partial charge in [-0.25, -0.2) is 0 Å². The van der Waals surface area contributed by atoms with Crippen molar-refractivity contribution in [3.8, 4) is 0 Å². The molecule has 0 radical (unpaired) electrons. The van der Waals surface area contributed by atoms with Gasteiger partial charge in [0.15, 0.2) is 0 Å². The van der Waals surface area contributed by atoms with Gasteiger partial charge in [-0.05, 0) is 44.1 Å². The topological polar surface area (TPSA) is 49.4 Å². The molecule has 1 N–H and O–H groups in total. The third-order valence-electron chi connectivity index (χ3n) is 5.17. The predicted molar refractivity (Wildman–Crippen MR) is 89.6 cm³/mol. The first-order valence-corrected chi connectivity index (χ1v) is 8.84. The smallest absolute Gasteiger partial charge is 0.225 e. The van der Waals surface area contributed by atoms with Crippen molar-refractivity contribution >= 4 is 11.8 Å². The van der Waals surface area contributed by atoms with E-state index in [4.69, 9.17) is 0 Å². The molecule has 124 valence electrons. The van der Waals surface area contributed by atoms with Crippen LogP contribution in [0.25, 0.3) is 0 Å². The van der Waals surface area contributed by atoms with Crippen molar-refractivity contribution in [3.63, 3.8) is 0 Å². The number of nitrogens with one attached hydrogen (secondary N) is 1. The molecular weight excluding hydrogens is 288 g/mol. The summed E-state index contributed by atoms with van der Waals surface area (Å²) in [6.45, 7) is 2.44. The number of nitrogens with zero attached hydrogens (tertiary/aromatic N) is 1. The summed E-state index contributed by atoms with van der Waals surface area (Å²) in [6, 6.07) is 9.98. The van der Waals surface area contributed by atoms with Crippen molar-refractivity contribution < 1.29 is 9.59 Å². The molecule has 1 aromatic rings. The van der Waals surface area contributed by atoms with Gasteiger partial charge in [-0.1, -0.05) is 30.3 Å². The molecule has 1 aliphatic heterocycles. The van der Waals surface area contributed by atoms with Crippen molar-refractivity contribution in [2.75, 3.05) is 13.1 Å². The van der Waals surface area contributed by atoms with Gasteiger partial charge in [-0.3, -0.25) is 9.59 Å². The molecule has 2 aliphatic rings. The summed E-state index contributed by atoms with van der Waals surface area (Å²) in [5.41, 5.74) is 1.12. The average molecular weight is 314 g/mol. The van der Waals surface area contributed by atoms with E-state index in [0.717, 1.165) is 57.2 Å². The Kier molecular flexibility index (Phi) is 5.31. The minimum absolute atomic E-state index is 0.0707. The fourth-order valence-corrected chi connectivity index (χ4v) is 3.73. The number of hydrogen-bond acceptors (Lipinski definition) is 2. The highest BCUT2D eigenvalue weighted by atomic mass is 16.2. The molecule has 1 saturated heterocycles. The number of likely N-dealkylation sites (tertiary alicyclic amines) is 1. The number of benzene rings is 1. The molecule has 1 heterocycles. The van der Waals surface area contributed by atoms with Crippen molar-refractivity contribution in [1.82, 2.24) is 10.2 Å². The van der Waals surface area contributed by atoms with E-state index in [-0.39, 0.29) is 17.7 Å². The Morgan fingerprint density at radius 2 is 1.57 bits per heavy atom. The number of amides is 2. The van der Waals surface area contributed by atoms with Crippen LogP contribution in [0.3, 0.4) is 0 Å². The third-order valence-corrected chi connectivity index (χ3v) is 5.17.